The Kier molecular flexibility index (Phi) is 7.28. The molecule has 0 bridgehead atoms. The summed E-state index contributed by atoms with van der Waals surface area (Å²) in [5.74, 6) is -1.12. The number of benzene rings is 1. The van der Waals surface area contributed by atoms with Crippen molar-refractivity contribution in [2.24, 2.45) is 0 Å². The summed E-state index contributed by atoms with van der Waals surface area (Å²) in [6.07, 6.45) is 1.80. The minimum Gasteiger partial charge on any atom is -0.464 e. The van der Waals surface area contributed by atoms with Crippen LogP contribution in [0, 0.1) is 5.82 Å². The van der Waals surface area contributed by atoms with Crippen molar-refractivity contribution >= 4 is 11.9 Å². The van der Waals surface area contributed by atoms with Crippen LogP contribution in [-0.4, -0.2) is 48.6 Å². The lowest BCUT2D eigenvalue weighted by molar-refractivity contribution is 0.0593. The number of ether oxygens (including phenoxy) is 2. The second-order valence-electron chi connectivity index (χ2n) is 5.40. The predicted molar refractivity (Wildman–Crippen MR) is 90.1 cm³/mol. The molecule has 140 valence electrons. The maximum atomic E-state index is 13.1. The molecule has 2 aromatic rings. The lowest BCUT2D eigenvalue weighted by Crippen LogP contribution is -2.32. The third-order valence-corrected chi connectivity index (χ3v) is 3.57. The summed E-state index contributed by atoms with van der Waals surface area (Å²) in [7, 11) is 1.24. The summed E-state index contributed by atoms with van der Waals surface area (Å²) < 4.78 is 28.2. The van der Waals surface area contributed by atoms with Crippen LogP contribution in [0.2, 0.25) is 0 Å². The molecule has 0 atom stereocenters. The molecular weight excluding hydrogens is 343 g/mol. The first-order valence-electron chi connectivity index (χ1n) is 8.20. The smallest absolute Gasteiger partial charge is 0.360 e. The SMILES string of the molecule is CCOCCCN(Cc1nc(C(=O)OC)co1)C(=O)c1ccc(F)cc1. The lowest BCUT2D eigenvalue weighted by atomic mass is 10.2. The van der Waals surface area contributed by atoms with E-state index in [1.54, 1.807) is 0 Å². The van der Waals surface area contributed by atoms with E-state index in [2.05, 4.69) is 9.72 Å². The highest BCUT2D eigenvalue weighted by atomic mass is 19.1. The number of oxazole rings is 1. The van der Waals surface area contributed by atoms with Gasteiger partial charge in [0.1, 0.15) is 12.1 Å². The number of rotatable bonds is 9. The molecule has 0 aliphatic carbocycles. The van der Waals surface area contributed by atoms with E-state index in [0.717, 1.165) is 0 Å². The van der Waals surface area contributed by atoms with E-state index < -0.39 is 11.8 Å². The Balaban J connectivity index is 2.11. The first-order valence-corrected chi connectivity index (χ1v) is 8.20. The molecule has 0 N–H and O–H groups in total. The third-order valence-electron chi connectivity index (χ3n) is 3.57. The Bertz CT molecular complexity index is 729. The van der Waals surface area contributed by atoms with E-state index in [9.17, 15) is 14.0 Å². The zero-order valence-corrected chi connectivity index (χ0v) is 14.7. The molecule has 0 unspecified atom stereocenters. The van der Waals surface area contributed by atoms with Crippen LogP contribution < -0.4 is 0 Å². The fraction of sp³-hybridized carbons (Fsp3) is 0.389. The molecule has 1 aromatic heterocycles. The number of hydrogen-bond acceptors (Lipinski definition) is 6. The molecule has 2 rings (SSSR count). The minimum absolute atomic E-state index is 0.0333. The lowest BCUT2D eigenvalue weighted by Gasteiger charge is -2.21. The van der Waals surface area contributed by atoms with Crippen LogP contribution >= 0.6 is 0 Å². The average molecular weight is 364 g/mol. The van der Waals surface area contributed by atoms with E-state index in [0.29, 0.717) is 31.7 Å². The Morgan fingerprint density at radius 1 is 1.27 bits per heavy atom. The van der Waals surface area contributed by atoms with Crippen LogP contribution in [0.25, 0.3) is 0 Å². The van der Waals surface area contributed by atoms with Crippen molar-refractivity contribution in [1.29, 1.82) is 0 Å². The minimum atomic E-state index is -0.618. The van der Waals surface area contributed by atoms with Gasteiger partial charge in [0.05, 0.1) is 13.7 Å². The predicted octanol–water partition coefficient (Wildman–Crippen LogP) is 2.67. The number of hydrogen-bond donors (Lipinski definition) is 0. The van der Waals surface area contributed by atoms with E-state index in [1.165, 1.54) is 42.5 Å². The quantitative estimate of drug-likeness (QED) is 0.503. The summed E-state index contributed by atoms with van der Waals surface area (Å²) in [4.78, 5) is 29.7. The van der Waals surface area contributed by atoms with E-state index in [1.807, 2.05) is 6.92 Å². The fourth-order valence-corrected chi connectivity index (χ4v) is 2.27. The standard InChI is InChI=1S/C18H21FN2O5/c1-3-25-10-4-9-21(17(22)13-5-7-14(19)8-6-13)11-16-20-15(12-26-16)18(23)24-2/h5-8,12H,3-4,9-11H2,1-2H3. The monoisotopic (exact) mass is 364 g/mol. The first-order chi connectivity index (χ1) is 12.5. The topological polar surface area (TPSA) is 81.9 Å². The molecule has 0 radical (unpaired) electrons. The second kappa shape index (κ2) is 9.67. The van der Waals surface area contributed by atoms with Crippen LogP contribution in [0.5, 0.6) is 0 Å². The van der Waals surface area contributed by atoms with Crippen molar-refractivity contribution in [2.45, 2.75) is 19.9 Å². The fourth-order valence-electron chi connectivity index (χ4n) is 2.27. The number of halogens is 1. The molecule has 1 aromatic carbocycles. The molecule has 0 saturated heterocycles. The summed E-state index contributed by atoms with van der Waals surface area (Å²) in [5.41, 5.74) is 0.383. The summed E-state index contributed by atoms with van der Waals surface area (Å²) in [6.45, 7) is 3.45. The molecule has 0 spiro atoms. The molecule has 26 heavy (non-hydrogen) atoms. The van der Waals surface area contributed by atoms with Crippen LogP contribution in [0.4, 0.5) is 4.39 Å². The van der Waals surface area contributed by atoms with Gasteiger partial charge in [-0.15, -0.1) is 0 Å². The molecular formula is C18H21FN2O5. The molecule has 1 amide bonds. The van der Waals surface area contributed by atoms with Crippen LogP contribution in [0.3, 0.4) is 0 Å². The van der Waals surface area contributed by atoms with Gasteiger partial charge in [0, 0.05) is 25.3 Å². The van der Waals surface area contributed by atoms with Crippen LogP contribution in [0.15, 0.2) is 34.9 Å². The van der Waals surface area contributed by atoms with Gasteiger partial charge in [0.25, 0.3) is 5.91 Å². The van der Waals surface area contributed by atoms with Crippen LogP contribution in [0.1, 0.15) is 40.1 Å². The molecule has 0 fully saturated rings. The summed E-state index contributed by atoms with van der Waals surface area (Å²) >= 11 is 0. The largest absolute Gasteiger partial charge is 0.464 e. The van der Waals surface area contributed by atoms with Gasteiger partial charge in [-0.2, -0.15) is 0 Å². The highest BCUT2D eigenvalue weighted by Gasteiger charge is 2.20. The normalized spacial score (nSPS) is 10.6. The van der Waals surface area contributed by atoms with Crippen molar-refractivity contribution in [3.05, 3.63) is 53.5 Å². The van der Waals surface area contributed by atoms with Crippen molar-refractivity contribution in [3.8, 4) is 0 Å². The number of carbonyl (C=O) groups excluding carboxylic acids is 2. The van der Waals surface area contributed by atoms with Gasteiger partial charge in [-0.25, -0.2) is 14.2 Å². The van der Waals surface area contributed by atoms with Gasteiger partial charge >= 0.3 is 5.97 Å². The number of methoxy groups -OCH3 is 1. The van der Waals surface area contributed by atoms with E-state index >= 15 is 0 Å². The van der Waals surface area contributed by atoms with Crippen molar-refractivity contribution in [2.75, 3.05) is 26.9 Å². The Morgan fingerprint density at radius 3 is 2.65 bits per heavy atom. The number of nitrogens with zero attached hydrogens (tertiary/aromatic N) is 2. The summed E-state index contributed by atoms with van der Waals surface area (Å²) in [6, 6.07) is 5.30. The molecule has 8 heteroatoms. The molecule has 0 saturated carbocycles. The number of aromatic nitrogens is 1. The van der Waals surface area contributed by atoms with Crippen molar-refractivity contribution < 1.29 is 27.9 Å². The first kappa shape index (κ1) is 19.6. The Hall–Kier alpha value is -2.74. The number of amides is 1. The Morgan fingerprint density at radius 2 is 2.00 bits per heavy atom. The highest BCUT2D eigenvalue weighted by Crippen LogP contribution is 2.12. The van der Waals surface area contributed by atoms with Gasteiger partial charge in [0.2, 0.25) is 5.89 Å². The molecule has 7 nitrogen and oxygen atoms in total. The Labute approximate surface area is 150 Å². The highest BCUT2D eigenvalue weighted by molar-refractivity contribution is 5.94. The van der Waals surface area contributed by atoms with Gasteiger partial charge in [-0.1, -0.05) is 0 Å². The maximum absolute atomic E-state index is 13.1. The zero-order chi connectivity index (χ0) is 18.9. The van der Waals surface area contributed by atoms with Crippen molar-refractivity contribution in [3.63, 3.8) is 0 Å². The second-order valence-corrected chi connectivity index (χ2v) is 5.40. The third kappa shape index (κ3) is 5.38. The van der Waals surface area contributed by atoms with Gasteiger partial charge in [-0.3, -0.25) is 4.79 Å². The maximum Gasteiger partial charge on any atom is 0.360 e. The average Bonchev–Trinajstić information content (AvgIpc) is 3.12. The molecule has 1 heterocycles. The van der Waals surface area contributed by atoms with E-state index in [-0.39, 0.29) is 24.0 Å². The van der Waals surface area contributed by atoms with Gasteiger partial charge in [0.15, 0.2) is 5.69 Å². The number of esters is 1. The van der Waals surface area contributed by atoms with E-state index in [4.69, 9.17) is 9.15 Å². The molecule has 0 aliphatic heterocycles. The van der Waals surface area contributed by atoms with Gasteiger partial charge < -0.3 is 18.8 Å². The van der Waals surface area contributed by atoms with Crippen LogP contribution in [-0.2, 0) is 16.0 Å². The molecule has 0 aliphatic rings. The van der Waals surface area contributed by atoms with Gasteiger partial charge in [-0.05, 0) is 37.6 Å². The zero-order valence-electron chi connectivity index (χ0n) is 14.7. The summed E-state index contributed by atoms with van der Waals surface area (Å²) in [5, 5.41) is 0. The number of carbonyl (C=O) groups is 2. The van der Waals surface area contributed by atoms with Crippen molar-refractivity contribution in [1.82, 2.24) is 9.88 Å².